The fourth-order valence-electron chi connectivity index (χ4n) is 3.46. The first-order valence-corrected chi connectivity index (χ1v) is 9.98. The van der Waals surface area contributed by atoms with E-state index in [0.29, 0.717) is 11.2 Å². The molecule has 22 heavy (non-hydrogen) atoms. The predicted octanol–water partition coefficient (Wildman–Crippen LogP) is 2.96. The van der Waals surface area contributed by atoms with Crippen molar-refractivity contribution >= 4 is 17.9 Å². The van der Waals surface area contributed by atoms with Gasteiger partial charge in [0, 0.05) is 0 Å². The second-order valence-electron chi connectivity index (χ2n) is 6.21. The van der Waals surface area contributed by atoms with Crippen molar-refractivity contribution in [2.24, 2.45) is 0 Å². The van der Waals surface area contributed by atoms with Gasteiger partial charge in [-0.05, 0) is 0 Å². The van der Waals surface area contributed by atoms with Gasteiger partial charge in [0.15, 0.2) is 0 Å². The molecule has 1 fully saturated rings. The number of hydrogen-bond donors (Lipinski definition) is 3. The van der Waals surface area contributed by atoms with E-state index in [0.717, 1.165) is 31.2 Å². The van der Waals surface area contributed by atoms with Crippen molar-refractivity contribution in [2.45, 2.75) is 38.0 Å². The van der Waals surface area contributed by atoms with E-state index in [1.165, 1.54) is 6.42 Å². The van der Waals surface area contributed by atoms with E-state index in [4.69, 9.17) is 0 Å². The van der Waals surface area contributed by atoms with Gasteiger partial charge in [-0.2, -0.15) is 0 Å². The molecule has 4 heteroatoms. The Kier molecular flexibility index (Phi) is 4.09. The summed E-state index contributed by atoms with van der Waals surface area (Å²) in [6.45, 7) is 0. The maximum atomic E-state index is 10.9. The molecular weight excluding hydrogens is 295 g/mol. The molecule has 0 radical (unpaired) electrons. The van der Waals surface area contributed by atoms with Crippen molar-refractivity contribution in [2.75, 3.05) is 0 Å². The first-order chi connectivity index (χ1) is 10.5. The zero-order valence-electron chi connectivity index (χ0n) is 12.6. The van der Waals surface area contributed by atoms with E-state index in [2.05, 4.69) is 0 Å². The van der Waals surface area contributed by atoms with E-state index < -0.39 is 7.28 Å². The van der Waals surface area contributed by atoms with Gasteiger partial charge in [-0.3, -0.25) is 0 Å². The Hall–Kier alpha value is -1.25. The quantitative estimate of drug-likeness (QED) is 0.763. The zero-order chi connectivity index (χ0) is 15.7. The summed E-state index contributed by atoms with van der Waals surface area (Å²) in [4.78, 5) is 32.6. The van der Waals surface area contributed by atoms with Gasteiger partial charge in [-0.25, -0.2) is 0 Å². The zero-order valence-corrected chi connectivity index (χ0v) is 13.5. The van der Waals surface area contributed by atoms with E-state index in [1.54, 1.807) is 42.5 Å². The van der Waals surface area contributed by atoms with Crippen molar-refractivity contribution in [3.8, 4) is 0 Å². The summed E-state index contributed by atoms with van der Waals surface area (Å²) in [5.74, 6) is 0.293. The van der Waals surface area contributed by atoms with E-state index in [9.17, 15) is 14.7 Å². The SMILES string of the molecule is OP(O)(O)(c1ccccc1)c1ccccc1C1CCCCC1. The van der Waals surface area contributed by atoms with Crippen molar-refractivity contribution < 1.29 is 14.7 Å². The van der Waals surface area contributed by atoms with Gasteiger partial charge >= 0.3 is 131 Å². The summed E-state index contributed by atoms with van der Waals surface area (Å²) in [7, 11) is -5.07. The first kappa shape index (κ1) is 15.6. The van der Waals surface area contributed by atoms with Crippen LogP contribution < -0.4 is 10.6 Å². The van der Waals surface area contributed by atoms with Gasteiger partial charge in [0.2, 0.25) is 0 Å². The Morgan fingerprint density at radius 3 is 2.00 bits per heavy atom. The molecule has 0 aromatic heterocycles. The number of hydrogen-bond acceptors (Lipinski definition) is 3. The van der Waals surface area contributed by atoms with Gasteiger partial charge < -0.3 is 0 Å². The number of rotatable bonds is 3. The van der Waals surface area contributed by atoms with Crippen molar-refractivity contribution in [1.82, 2.24) is 0 Å². The normalized spacial score (nSPS) is 18.6. The van der Waals surface area contributed by atoms with Gasteiger partial charge in [0.1, 0.15) is 0 Å². The molecule has 3 nitrogen and oxygen atoms in total. The summed E-state index contributed by atoms with van der Waals surface area (Å²) in [5.41, 5.74) is 0.885. The van der Waals surface area contributed by atoms with Gasteiger partial charge in [-0.1, -0.05) is 0 Å². The Balaban J connectivity index is 2.11. The van der Waals surface area contributed by atoms with Gasteiger partial charge in [-0.15, -0.1) is 0 Å². The molecule has 2 aromatic rings. The second-order valence-corrected chi connectivity index (χ2v) is 9.17. The summed E-state index contributed by atoms with van der Waals surface area (Å²) in [6.07, 6.45) is 5.63. The van der Waals surface area contributed by atoms with Gasteiger partial charge in [0.25, 0.3) is 0 Å². The molecule has 0 heterocycles. The maximum absolute atomic E-state index is 10.9. The van der Waals surface area contributed by atoms with Crippen LogP contribution in [0.1, 0.15) is 43.6 Å². The third-order valence-electron chi connectivity index (χ3n) is 4.66. The van der Waals surface area contributed by atoms with Gasteiger partial charge in [0.05, 0.1) is 0 Å². The summed E-state index contributed by atoms with van der Waals surface area (Å²) >= 11 is 0. The molecule has 1 saturated carbocycles. The van der Waals surface area contributed by atoms with Crippen LogP contribution in [0.4, 0.5) is 0 Å². The molecule has 118 valence electrons. The topological polar surface area (TPSA) is 60.7 Å². The molecule has 0 aliphatic heterocycles. The van der Waals surface area contributed by atoms with E-state index >= 15 is 0 Å². The first-order valence-electron chi connectivity index (χ1n) is 7.89. The van der Waals surface area contributed by atoms with Crippen LogP contribution in [-0.4, -0.2) is 14.7 Å². The van der Waals surface area contributed by atoms with E-state index in [-0.39, 0.29) is 5.30 Å². The Morgan fingerprint density at radius 1 is 0.727 bits per heavy atom. The Bertz CT molecular complexity index is 640. The molecule has 1 aliphatic carbocycles. The summed E-state index contributed by atoms with van der Waals surface area (Å²) < 4.78 is 0. The molecule has 0 unspecified atom stereocenters. The molecule has 1 aliphatic rings. The minimum absolute atomic E-state index is 0.191. The third-order valence-corrected chi connectivity index (χ3v) is 7.20. The second kappa shape index (κ2) is 5.75. The number of benzene rings is 2. The molecular formula is C18H23O3P. The van der Waals surface area contributed by atoms with Crippen molar-refractivity contribution in [1.29, 1.82) is 0 Å². The molecule has 0 spiro atoms. The Labute approximate surface area is 131 Å². The van der Waals surface area contributed by atoms with Crippen LogP contribution >= 0.6 is 7.28 Å². The molecule has 2 aromatic carbocycles. The molecule has 0 amide bonds. The minimum atomic E-state index is -5.07. The third kappa shape index (κ3) is 2.82. The van der Waals surface area contributed by atoms with E-state index in [1.807, 2.05) is 12.1 Å². The van der Waals surface area contributed by atoms with Crippen LogP contribution in [-0.2, 0) is 0 Å². The molecule has 0 bridgehead atoms. The summed E-state index contributed by atoms with van der Waals surface area (Å²) in [5, 5.41) is 0.489. The molecule has 0 atom stereocenters. The predicted molar refractivity (Wildman–Crippen MR) is 91.6 cm³/mol. The fraction of sp³-hybridized carbons (Fsp3) is 0.333. The van der Waals surface area contributed by atoms with Crippen molar-refractivity contribution in [3.63, 3.8) is 0 Å². The van der Waals surface area contributed by atoms with Crippen LogP contribution in [0.25, 0.3) is 0 Å². The standard InChI is InChI=1S/C18H23O3P/c19-22(20,21,16-11-5-2-6-12-16)18-14-8-7-13-17(18)15-9-3-1-4-10-15/h2,5-8,11-15,19-21H,1,3-4,9-10H2. The molecule has 3 rings (SSSR count). The van der Waals surface area contributed by atoms with Crippen LogP contribution in [0.2, 0.25) is 0 Å². The molecule has 3 N–H and O–H groups in total. The van der Waals surface area contributed by atoms with Crippen LogP contribution in [0.5, 0.6) is 0 Å². The monoisotopic (exact) mass is 318 g/mol. The van der Waals surface area contributed by atoms with Crippen LogP contribution in [0, 0.1) is 0 Å². The van der Waals surface area contributed by atoms with Crippen LogP contribution in [0.15, 0.2) is 54.6 Å². The molecule has 0 saturated heterocycles. The average molecular weight is 318 g/mol. The Morgan fingerprint density at radius 2 is 1.32 bits per heavy atom. The van der Waals surface area contributed by atoms with Crippen LogP contribution in [0.3, 0.4) is 0 Å². The average Bonchev–Trinajstić information content (AvgIpc) is 2.56. The van der Waals surface area contributed by atoms with Crippen molar-refractivity contribution in [3.05, 3.63) is 60.2 Å². The summed E-state index contributed by atoms with van der Waals surface area (Å²) in [6, 6.07) is 15.6. The fourth-order valence-corrected chi connectivity index (χ4v) is 5.56.